The molecule has 5 aromatic rings. The lowest BCUT2D eigenvalue weighted by Gasteiger charge is -2.14. The maximum absolute atomic E-state index is 13.0. The summed E-state index contributed by atoms with van der Waals surface area (Å²) in [5.41, 5.74) is 3.35. The number of nitrogens with zero attached hydrogens (tertiary/aromatic N) is 5. The maximum atomic E-state index is 13.0. The summed E-state index contributed by atoms with van der Waals surface area (Å²) in [6, 6.07) is 19.1. The molecule has 0 unspecified atom stereocenters. The van der Waals surface area contributed by atoms with Gasteiger partial charge in [-0.2, -0.15) is 13.2 Å². The first kappa shape index (κ1) is 24.4. The lowest BCUT2D eigenvalue weighted by atomic mass is 9.97. The van der Waals surface area contributed by atoms with Crippen molar-refractivity contribution in [3.63, 3.8) is 0 Å². The number of hydrogen-bond acceptors (Lipinski definition) is 5. The molecule has 37 heavy (non-hydrogen) atoms. The van der Waals surface area contributed by atoms with Crippen LogP contribution in [0.5, 0.6) is 0 Å². The predicted octanol–water partition coefficient (Wildman–Crippen LogP) is 6.85. The van der Waals surface area contributed by atoms with Crippen molar-refractivity contribution in [2.75, 3.05) is 5.32 Å². The van der Waals surface area contributed by atoms with E-state index < -0.39 is 11.9 Å². The van der Waals surface area contributed by atoms with Gasteiger partial charge in [-0.3, -0.25) is 0 Å². The van der Waals surface area contributed by atoms with E-state index in [-0.39, 0.29) is 5.82 Å². The quantitative estimate of drug-likeness (QED) is 0.275. The second-order valence-corrected chi connectivity index (χ2v) is 9.12. The second kappa shape index (κ2) is 9.65. The average molecular weight is 503 g/mol. The largest absolute Gasteiger partial charge is 0.434 e. The normalized spacial score (nSPS) is 11.9. The molecule has 3 heterocycles. The molecule has 1 N–H and O–H groups in total. The van der Waals surface area contributed by atoms with Gasteiger partial charge in [-0.05, 0) is 29.2 Å². The monoisotopic (exact) mass is 502 g/mol. The van der Waals surface area contributed by atoms with Gasteiger partial charge in [0.1, 0.15) is 11.6 Å². The van der Waals surface area contributed by atoms with Crippen LogP contribution in [0, 0.1) is 0 Å². The molecule has 0 amide bonds. The van der Waals surface area contributed by atoms with E-state index in [0.717, 1.165) is 28.3 Å². The molecule has 5 rings (SSSR count). The minimum atomic E-state index is -4.48. The molecule has 0 bridgehead atoms. The fraction of sp³-hybridized carbons (Fsp3) is 0.214. The van der Waals surface area contributed by atoms with E-state index in [1.165, 1.54) is 4.57 Å². The average Bonchev–Trinajstić information content (AvgIpc) is 3.29. The molecule has 0 saturated heterocycles. The Hall–Kier alpha value is -4.27. The summed E-state index contributed by atoms with van der Waals surface area (Å²) >= 11 is 0. The number of fused-ring (bicyclic) bond motifs is 1. The molecule has 6 nitrogen and oxygen atoms in total. The van der Waals surface area contributed by atoms with E-state index in [1.807, 2.05) is 42.5 Å². The number of aryl methyl sites for hydroxylation is 1. The summed E-state index contributed by atoms with van der Waals surface area (Å²) < 4.78 is 40.5. The Morgan fingerprint density at radius 1 is 0.919 bits per heavy atom. The van der Waals surface area contributed by atoms with Gasteiger partial charge in [-0.25, -0.2) is 19.9 Å². The minimum absolute atomic E-state index is 0.258. The first-order chi connectivity index (χ1) is 17.7. The van der Waals surface area contributed by atoms with Gasteiger partial charge < -0.3 is 9.88 Å². The smallest absolute Gasteiger partial charge is 0.365 e. The lowest BCUT2D eigenvalue weighted by molar-refractivity contribution is -0.140. The number of nitrogens with one attached hydrogen (secondary N) is 1. The van der Waals surface area contributed by atoms with Crippen LogP contribution in [0.15, 0.2) is 73.1 Å². The van der Waals surface area contributed by atoms with Crippen molar-refractivity contribution in [3.05, 3.63) is 89.9 Å². The van der Waals surface area contributed by atoms with Crippen LogP contribution < -0.4 is 5.32 Å². The molecule has 2 aromatic carbocycles. The summed E-state index contributed by atoms with van der Waals surface area (Å²) in [6.07, 6.45) is -1.78. The maximum Gasteiger partial charge on any atom is 0.434 e. The molecule has 188 valence electrons. The van der Waals surface area contributed by atoms with E-state index in [1.54, 1.807) is 25.4 Å². The number of hydrogen-bond donors (Lipinski definition) is 1. The van der Waals surface area contributed by atoms with Gasteiger partial charge in [0.15, 0.2) is 17.2 Å². The van der Waals surface area contributed by atoms with E-state index in [4.69, 9.17) is 9.97 Å². The van der Waals surface area contributed by atoms with Gasteiger partial charge in [-0.15, -0.1) is 0 Å². The van der Waals surface area contributed by atoms with E-state index in [9.17, 15) is 13.2 Å². The SMILES string of the molecule is CC(C)c1ccccc1-c1nc(NCc2ccc(-c3nc(C(F)(F)F)cn3C)cc2)c2cccnc2n1. The van der Waals surface area contributed by atoms with Crippen LogP contribution in [0.3, 0.4) is 0 Å². The predicted molar refractivity (Wildman–Crippen MR) is 138 cm³/mol. The molecule has 0 saturated carbocycles. The lowest BCUT2D eigenvalue weighted by Crippen LogP contribution is -2.06. The highest BCUT2D eigenvalue weighted by atomic mass is 19.4. The van der Waals surface area contributed by atoms with Crippen molar-refractivity contribution >= 4 is 16.9 Å². The van der Waals surface area contributed by atoms with E-state index in [0.29, 0.717) is 35.3 Å². The fourth-order valence-corrected chi connectivity index (χ4v) is 4.25. The number of halogens is 3. The number of benzene rings is 2. The molecule has 0 radical (unpaired) electrons. The number of aromatic nitrogens is 5. The molecule has 3 aromatic heterocycles. The summed E-state index contributed by atoms with van der Waals surface area (Å²) in [6.45, 7) is 4.73. The zero-order valence-electron chi connectivity index (χ0n) is 20.6. The molecule has 9 heteroatoms. The topological polar surface area (TPSA) is 68.5 Å². The highest BCUT2D eigenvalue weighted by molar-refractivity contribution is 5.88. The Bertz CT molecular complexity index is 1560. The second-order valence-electron chi connectivity index (χ2n) is 9.12. The van der Waals surface area contributed by atoms with Gasteiger partial charge in [0, 0.05) is 37.1 Å². The van der Waals surface area contributed by atoms with Crippen molar-refractivity contribution in [2.45, 2.75) is 32.5 Å². The molecule has 0 aliphatic carbocycles. The summed E-state index contributed by atoms with van der Waals surface area (Å²) in [7, 11) is 1.55. The summed E-state index contributed by atoms with van der Waals surface area (Å²) in [4.78, 5) is 17.8. The molecule has 0 aliphatic rings. The molecular weight excluding hydrogens is 477 g/mol. The number of rotatable bonds is 6. The van der Waals surface area contributed by atoms with E-state index in [2.05, 4.69) is 35.2 Å². The molecule has 0 atom stereocenters. The summed E-state index contributed by atoms with van der Waals surface area (Å²) in [5, 5.41) is 4.20. The number of imidazole rings is 1. The van der Waals surface area contributed by atoms with Crippen molar-refractivity contribution in [1.82, 2.24) is 24.5 Å². The highest BCUT2D eigenvalue weighted by Gasteiger charge is 2.34. The Labute approximate surface area is 212 Å². The van der Waals surface area contributed by atoms with Crippen molar-refractivity contribution < 1.29 is 13.2 Å². The Morgan fingerprint density at radius 2 is 1.68 bits per heavy atom. The third kappa shape index (κ3) is 5.02. The molecule has 0 aliphatic heterocycles. The van der Waals surface area contributed by atoms with Crippen LogP contribution >= 0.6 is 0 Å². The minimum Gasteiger partial charge on any atom is -0.365 e. The zero-order valence-corrected chi connectivity index (χ0v) is 20.6. The van der Waals surface area contributed by atoms with Crippen LogP contribution in [-0.4, -0.2) is 24.5 Å². The van der Waals surface area contributed by atoms with Gasteiger partial charge in [0.2, 0.25) is 0 Å². The zero-order chi connectivity index (χ0) is 26.2. The number of alkyl halides is 3. The van der Waals surface area contributed by atoms with Crippen LogP contribution in [-0.2, 0) is 19.8 Å². The Balaban J connectivity index is 1.43. The van der Waals surface area contributed by atoms with Crippen LogP contribution in [0.2, 0.25) is 0 Å². The first-order valence-electron chi connectivity index (χ1n) is 11.9. The van der Waals surface area contributed by atoms with Gasteiger partial charge in [0.25, 0.3) is 0 Å². The van der Waals surface area contributed by atoms with Gasteiger partial charge in [-0.1, -0.05) is 62.4 Å². The molecule has 0 fully saturated rings. The first-order valence-corrected chi connectivity index (χ1v) is 11.9. The van der Waals surface area contributed by atoms with Crippen molar-refractivity contribution in [2.24, 2.45) is 7.05 Å². The van der Waals surface area contributed by atoms with Crippen molar-refractivity contribution in [3.8, 4) is 22.8 Å². The van der Waals surface area contributed by atoms with Crippen LogP contribution in [0.1, 0.15) is 36.6 Å². The third-order valence-electron chi connectivity index (χ3n) is 6.13. The number of pyridine rings is 1. The molecule has 0 spiro atoms. The van der Waals surface area contributed by atoms with Crippen LogP contribution in [0.25, 0.3) is 33.8 Å². The third-order valence-corrected chi connectivity index (χ3v) is 6.13. The summed E-state index contributed by atoms with van der Waals surface area (Å²) in [5.74, 6) is 1.83. The van der Waals surface area contributed by atoms with Crippen molar-refractivity contribution in [1.29, 1.82) is 0 Å². The number of anilines is 1. The van der Waals surface area contributed by atoms with Gasteiger partial charge in [0.05, 0.1) is 5.39 Å². The molecular formula is C28H25F3N6. The Kier molecular flexibility index (Phi) is 6.37. The standard InChI is InChI=1S/C28H25F3N6/c1-17(2)20-7-4-5-8-21(20)26-35-24-22(9-6-14-32-24)25(36-26)33-15-18-10-12-19(13-11-18)27-34-23(16-37(27)3)28(29,30)31/h4-14,16-17H,15H2,1-3H3,(H,32,33,35,36). The van der Waals surface area contributed by atoms with Gasteiger partial charge >= 0.3 is 6.18 Å². The Morgan fingerprint density at radius 3 is 2.38 bits per heavy atom. The van der Waals surface area contributed by atoms with Crippen LogP contribution in [0.4, 0.5) is 19.0 Å². The fourth-order valence-electron chi connectivity index (χ4n) is 4.25. The van der Waals surface area contributed by atoms with E-state index >= 15 is 0 Å². The highest BCUT2D eigenvalue weighted by Crippen LogP contribution is 2.32.